The Bertz CT molecular complexity index is 629. The van der Waals surface area contributed by atoms with Crippen molar-refractivity contribution in [3.63, 3.8) is 0 Å². The molecule has 0 bridgehead atoms. The summed E-state index contributed by atoms with van der Waals surface area (Å²) in [4.78, 5) is 4.88. The average molecular weight is 278 g/mol. The highest BCUT2D eigenvalue weighted by Crippen LogP contribution is 2.38. The Labute approximate surface area is 114 Å². The Morgan fingerprint density at radius 1 is 1.26 bits per heavy atom. The van der Waals surface area contributed by atoms with Gasteiger partial charge in [0.05, 0.1) is 4.90 Å². The number of benzene rings is 1. The molecule has 19 heavy (non-hydrogen) atoms. The van der Waals surface area contributed by atoms with E-state index >= 15 is 0 Å². The fraction of sp³-hybridized carbons (Fsp3) is 0.500. The van der Waals surface area contributed by atoms with E-state index in [4.69, 9.17) is 0 Å². The Kier molecular flexibility index (Phi) is 2.89. The van der Waals surface area contributed by atoms with E-state index in [0.29, 0.717) is 22.8 Å². The quantitative estimate of drug-likeness (QED) is 0.902. The molecule has 0 aromatic heterocycles. The SMILES string of the molecule is CC1(CN=C2NS(=O)(=O)c3ccccc32)CCCC1. The van der Waals surface area contributed by atoms with E-state index < -0.39 is 10.0 Å². The molecule has 1 heterocycles. The van der Waals surface area contributed by atoms with Crippen LogP contribution in [0.2, 0.25) is 0 Å². The standard InChI is InChI=1S/C14H18N2O2S/c1-14(8-4-5-9-14)10-15-13-11-6-2-3-7-12(11)19(17,18)16-13/h2-3,6-7H,4-5,8-10H2,1H3,(H,15,16). The molecule has 1 aliphatic heterocycles. The summed E-state index contributed by atoms with van der Waals surface area (Å²) in [5, 5.41) is 0. The molecule has 1 aromatic carbocycles. The smallest absolute Gasteiger partial charge is 0.263 e. The number of aliphatic imine (C=N–C) groups is 1. The fourth-order valence-electron chi connectivity index (χ4n) is 2.91. The van der Waals surface area contributed by atoms with Crippen molar-refractivity contribution in [1.29, 1.82) is 0 Å². The minimum Gasteiger partial charge on any atom is -0.267 e. The second-order valence-electron chi connectivity index (χ2n) is 5.78. The molecule has 1 fully saturated rings. The molecular formula is C14H18N2O2S. The molecule has 0 radical (unpaired) electrons. The number of fused-ring (bicyclic) bond motifs is 1. The van der Waals surface area contributed by atoms with Gasteiger partial charge in [-0.05, 0) is 30.4 Å². The third-order valence-electron chi connectivity index (χ3n) is 4.09. The van der Waals surface area contributed by atoms with Gasteiger partial charge < -0.3 is 0 Å². The lowest BCUT2D eigenvalue weighted by atomic mass is 9.89. The van der Waals surface area contributed by atoms with Gasteiger partial charge in [0.1, 0.15) is 5.84 Å². The average Bonchev–Trinajstić information content (AvgIpc) is 2.91. The lowest BCUT2D eigenvalue weighted by Gasteiger charge is -2.20. The monoisotopic (exact) mass is 278 g/mol. The second kappa shape index (κ2) is 4.34. The molecule has 1 N–H and O–H groups in total. The van der Waals surface area contributed by atoms with Crippen molar-refractivity contribution in [3.05, 3.63) is 29.8 Å². The first-order valence-corrected chi connectivity index (χ1v) is 8.15. The zero-order valence-corrected chi connectivity index (χ0v) is 11.8. The summed E-state index contributed by atoms with van der Waals surface area (Å²) in [5.74, 6) is 0.503. The first kappa shape index (κ1) is 12.7. The molecule has 2 aliphatic rings. The molecule has 0 spiro atoms. The first-order valence-electron chi connectivity index (χ1n) is 6.67. The van der Waals surface area contributed by atoms with Gasteiger partial charge in [0.2, 0.25) is 0 Å². The van der Waals surface area contributed by atoms with Crippen LogP contribution in [0.25, 0.3) is 0 Å². The number of hydrogen-bond acceptors (Lipinski definition) is 3. The van der Waals surface area contributed by atoms with E-state index in [0.717, 1.165) is 0 Å². The van der Waals surface area contributed by atoms with Crippen LogP contribution in [0.4, 0.5) is 0 Å². The molecule has 4 nitrogen and oxygen atoms in total. The Balaban J connectivity index is 1.91. The maximum absolute atomic E-state index is 11.9. The van der Waals surface area contributed by atoms with Crippen molar-refractivity contribution < 1.29 is 8.42 Å². The van der Waals surface area contributed by atoms with Crippen LogP contribution in [0.1, 0.15) is 38.2 Å². The number of nitrogens with one attached hydrogen (secondary N) is 1. The maximum atomic E-state index is 11.9. The van der Waals surface area contributed by atoms with Crippen molar-refractivity contribution in [1.82, 2.24) is 4.72 Å². The molecule has 1 aliphatic carbocycles. The van der Waals surface area contributed by atoms with Crippen molar-refractivity contribution in [2.45, 2.75) is 37.5 Å². The van der Waals surface area contributed by atoms with E-state index in [1.807, 2.05) is 12.1 Å². The van der Waals surface area contributed by atoms with Crippen LogP contribution in [0.15, 0.2) is 34.2 Å². The van der Waals surface area contributed by atoms with Gasteiger partial charge in [-0.1, -0.05) is 31.9 Å². The van der Waals surface area contributed by atoms with Crippen LogP contribution in [0.3, 0.4) is 0 Å². The van der Waals surface area contributed by atoms with Crippen molar-refractivity contribution >= 4 is 15.9 Å². The summed E-state index contributed by atoms with van der Waals surface area (Å²) >= 11 is 0. The van der Waals surface area contributed by atoms with Crippen LogP contribution in [-0.4, -0.2) is 20.8 Å². The summed E-state index contributed by atoms with van der Waals surface area (Å²) in [5.41, 5.74) is 0.930. The molecule has 0 amide bonds. The molecule has 0 atom stereocenters. The highest BCUT2D eigenvalue weighted by molar-refractivity contribution is 7.90. The Morgan fingerprint density at radius 3 is 2.68 bits per heavy atom. The molecule has 102 valence electrons. The van der Waals surface area contributed by atoms with Crippen molar-refractivity contribution in [2.24, 2.45) is 10.4 Å². The van der Waals surface area contributed by atoms with E-state index in [1.165, 1.54) is 25.7 Å². The molecule has 1 aromatic rings. The number of sulfonamides is 1. The second-order valence-corrected chi connectivity index (χ2v) is 7.44. The van der Waals surface area contributed by atoms with E-state index in [-0.39, 0.29) is 5.41 Å². The fourth-order valence-corrected chi connectivity index (χ4v) is 4.16. The first-order chi connectivity index (χ1) is 9.00. The third kappa shape index (κ3) is 2.27. The van der Waals surface area contributed by atoms with Crippen LogP contribution in [0, 0.1) is 5.41 Å². The third-order valence-corrected chi connectivity index (χ3v) is 5.49. The molecular weight excluding hydrogens is 260 g/mol. The summed E-state index contributed by atoms with van der Waals surface area (Å²) < 4.78 is 26.5. The molecule has 1 saturated carbocycles. The number of nitrogens with zero attached hydrogens (tertiary/aromatic N) is 1. The molecule has 0 unspecified atom stereocenters. The van der Waals surface area contributed by atoms with Gasteiger partial charge in [-0.2, -0.15) is 0 Å². The molecule has 0 saturated heterocycles. The Hall–Kier alpha value is -1.36. The summed E-state index contributed by atoms with van der Waals surface area (Å²) in [6.07, 6.45) is 4.86. The van der Waals surface area contributed by atoms with E-state index in [2.05, 4.69) is 16.6 Å². The van der Waals surface area contributed by atoms with Crippen molar-refractivity contribution in [2.75, 3.05) is 6.54 Å². The lowest BCUT2D eigenvalue weighted by molar-refractivity contribution is 0.351. The number of amidine groups is 1. The van der Waals surface area contributed by atoms with E-state index in [9.17, 15) is 8.42 Å². The highest BCUT2D eigenvalue weighted by Gasteiger charge is 2.32. The summed E-state index contributed by atoms with van der Waals surface area (Å²) in [6, 6.07) is 7.01. The lowest BCUT2D eigenvalue weighted by Crippen LogP contribution is -2.24. The van der Waals surface area contributed by atoms with Gasteiger partial charge in [-0.15, -0.1) is 0 Å². The van der Waals surface area contributed by atoms with Crippen molar-refractivity contribution in [3.8, 4) is 0 Å². The molecule has 5 heteroatoms. The number of rotatable bonds is 2. The molecule has 3 rings (SSSR count). The van der Waals surface area contributed by atoms with Crippen LogP contribution >= 0.6 is 0 Å². The zero-order valence-electron chi connectivity index (χ0n) is 11.0. The van der Waals surface area contributed by atoms with Crippen LogP contribution in [0.5, 0.6) is 0 Å². The normalized spacial score (nSPS) is 25.2. The highest BCUT2D eigenvalue weighted by atomic mass is 32.2. The largest absolute Gasteiger partial charge is 0.267 e. The zero-order chi connectivity index (χ0) is 13.5. The summed E-state index contributed by atoms with van der Waals surface area (Å²) in [7, 11) is -3.40. The topological polar surface area (TPSA) is 58.5 Å². The minimum absolute atomic E-state index is 0.232. The maximum Gasteiger partial charge on any atom is 0.263 e. The summed E-state index contributed by atoms with van der Waals surface area (Å²) in [6.45, 7) is 2.93. The van der Waals surface area contributed by atoms with Crippen LogP contribution in [-0.2, 0) is 10.0 Å². The van der Waals surface area contributed by atoms with Gasteiger partial charge in [0.25, 0.3) is 10.0 Å². The predicted molar refractivity (Wildman–Crippen MR) is 74.7 cm³/mol. The van der Waals surface area contributed by atoms with E-state index in [1.54, 1.807) is 12.1 Å². The van der Waals surface area contributed by atoms with Crippen LogP contribution < -0.4 is 4.72 Å². The van der Waals surface area contributed by atoms with Gasteiger partial charge in [-0.3, -0.25) is 9.71 Å². The van der Waals surface area contributed by atoms with Gasteiger partial charge in [0.15, 0.2) is 0 Å². The number of hydrogen-bond donors (Lipinski definition) is 1. The van der Waals surface area contributed by atoms with Gasteiger partial charge in [0, 0.05) is 12.1 Å². The van der Waals surface area contributed by atoms with Gasteiger partial charge in [-0.25, -0.2) is 8.42 Å². The minimum atomic E-state index is -3.40. The Morgan fingerprint density at radius 2 is 1.95 bits per heavy atom. The predicted octanol–water partition coefficient (Wildman–Crippen LogP) is 2.31. The van der Waals surface area contributed by atoms with Gasteiger partial charge >= 0.3 is 0 Å².